The second-order valence-corrected chi connectivity index (χ2v) is 4.00. The van der Waals surface area contributed by atoms with Gasteiger partial charge in [-0.05, 0) is 37.6 Å². The molecule has 0 aliphatic carbocycles. The number of carboxylic acids is 1. The quantitative estimate of drug-likeness (QED) is 0.806. The van der Waals surface area contributed by atoms with Crippen LogP contribution >= 0.6 is 0 Å². The topological polar surface area (TPSA) is 75.6 Å². The van der Waals surface area contributed by atoms with Gasteiger partial charge in [0, 0.05) is 6.04 Å². The highest BCUT2D eigenvalue weighted by Gasteiger charge is 2.07. The van der Waals surface area contributed by atoms with Crippen LogP contribution in [0.15, 0.2) is 24.3 Å². The van der Waals surface area contributed by atoms with E-state index in [1.807, 2.05) is 13.8 Å². The number of carbonyl (C=O) groups excluding carboxylic acids is 1. The van der Waals surface area contributed by atoms with Crippen LogP contribution in [0.1, 0.15) is 30.6 Å². The van der Waals surface area contributed by atoms with E-state index < -0.39 is 5.97 Å². The number of ether oxygens (including phenoxy) is 1. The standard InChI is InChI=1S/C13H17NO4/c1-3-9(2)14-12(15)8-18-11-6-4-10(5-7-11)13(16)17/h4-7,9H,3,8H2,1-2H3,(H,14,15)(H,16,17)/t9-/m0/s1. The number of hydrogen-bond donors (Lipinski definition) is 2. The largest absolute Gasteiger partial charge is 0.484 e. The van der Waals surface area contributed by atoms with E-state index in [1.54, 1.807) is 0 Å². The van der Waals surface area contributed by atoms with Crippen molar-refractivity contribution < 1.29 is 19.4 Å². The lowest BCUT2D eigenvalue weighted by Crippen LogP contribution is -2.35. The number of nitrogens with one attached hydrogen (secondary N) is 1. The summed E-state index contributed by atoms with van der Waals surface area (Å²) in [6.45, 7) is 3.83. The SMILES string of the molecule is CC[C@H](C)NC(=O)COc1ccc(C(=O)O)cc1. The lowest BCUT2D eigenvalue weighted by Gasteiger charge is -2.12. The fraction of sp³-hybridized carbons (Fsp3) is 0.385. The van der Waals surface area contributed by atoms with Crippen LogP contribution in [0.4, 0.5) is 0 Å². The highest BCUT2D eigenvalue weighted by atomic mass is 16.5. The van der Waals surface area contributed by atoms with E-state index >= 15 is 0 Å². The van der Waals surface area contributed by atoms with Crippen LogP contribution in [-0.4, -0.2) is 29.6 Å². The summed E-state index contributed by atoms with van der Waals surface area (Å²) in [5, 5.41) is 11.5. The third-order valence-corrected chi connectivity index (χ3v) is 2.49. The molecule has 1 aromatic carbocycles. The predicted molar refractivity (Wildman–Crippen MR) is 66.8 cm³/mol. The first-order chi connectivity index (χ1) is 8.52. The Morgan fingerprint density at radius 3 is 2.44 bits per heavy atom. The molecule has 0 saturated heterocycles. The van der Waals surface area contributed by atoms with Gasteiger partial charge in [0.1, 0.15) is 5.75 Å². The maximum Gasteiger partial charge on any atom is 0.335 e. The van der Waals surface area contributed by atoms with Crippen molar-refractivity contribution in [2.45, 2.75) is 26.3 Å². The number of aromatic carboxylic acids is 1. The van der Waals surface area contributed by atoms with E-state index in [9.17, 15) is 9.59 Å². The summed E-state index contributed by atoms with van der Waals surface area (Å²) in [7, 11) is 0. The van der Waals surface area contributed by atoms with Gasteiger partial charge in [0.15, 0.2) is 6.61 Å². The van der Waals surface area contributed by atoms with Crippen molar-refractivity contribution >= 4 is 11.9 Å². The van der Waals surface area contributed by atoms with Gasteiger partial charge >= 0.3 is 5.97 Å². The molecule has 5 nitrogen and oxygen atoms in total. The zero-order valence-electron chi connectivity index (χ0n) is 10.5. The van der Waals surface area contributed by atoms with Gasteiger partial charge < -0.3 is 15.2 Å². The Balaban J connectivity index is 2.44. The monoisotopic (exact) mass is 251 g/mol. The number of amides is 1. The molecule has 1 rings (SSSR count). The molecule has 0 radical (unpaired) electrons. The second kappa shape index (κ2) is 6.64. The van der Waals surface area contributed by atoms with E-state index in [0.29, 0.717) is 5.75 Å². The molecule has 0 bridgehead atoms. The van der Waals surface area contributed by atoms with E-state index in [2.05, 4.69) is 5.32 Å². The Labute approximate surface area is 106 Å². The Morgan fingerprint density at radius 1 is 1.33 bits per heavy atom. The zero-order valence-corrected chi connectivity index (χ0v) is 10.5. The molecule has 0 aromatic heterocycles. The maximum atomic E-state index is 11.4. The molecule has 0 unspecified atom stereocenters. The molecule has 2 N–H and O–H groups in total. The number of carboxylic acid groups (broad SMARTS) is 1. The average molecular weight is 251 g/mol. The van der Waals surface area contributed by atoms with Crippen LogP contribution < -0.4 is 10.1 Å². The second-order valence-electron chi connectivity index (χ2n) is 4.00. The Bertz CT molecular complexity index is 414. The van der Waals surface area contributed by atoms with Crippen LogP contribution in [0.25, 0.3) is 0 Å². The molecule has 18 heavy (non-hydrogen) atoms. The lowest BCUT2D eigenvalue weighted by atomic mass is 10.2. The summed E-state index contributed by atoms with van der Waals surface area (Å²) < 4.78 is 5.24. The van der Waals surface area contributed by atoms with Crippen LogP contribution in [0, 0.1) is 0 Å². The zero-order chi connectivity index (χ0) is 13.5. The summed E-state index contributed by atoms with van der Waals surface area (Å²) in [6, 6.07) is 6.05. The molecule has 1 aromatic rings. The predicted octanol–water partition coefficient (Wildman–Crippen LogP) is 1.68. The molecule has 0 spiro atoms. The first-order valence-electron chi connectivity index (χ1n) is 5.78. The van der Waals surface area contributed by atoms with Crippen molar-refractivity contribution in [2.24, 2.45) is 0 Å². The summed E-state index contributed by atoms with van der Waals surface area (Å²) in [5.74, 6) is -0.706. The minimum Gasteiger partial charge on any atom is -0.484 e. The third kappa shape index (κ3) is 4.45. The molecule has 98 valence electrons. The normalized spacial score (nSPS) is 11.7. The minimum absolute atomic E-state index is 0.0727. The molecule has 0 fully saturated rings. The van der Waals surface area contributed by atoms with Crippen molar-refractivity contribution in [3.63, 3.8) is 0 Å². The van der Waals surface area contributed by atoms with Crippen molar-refractivity contribution in [1.29, 1.82) is 0 Å². The third-order valence-electron chi connectivity index (χ3n) is 2.49. The maximum absolute atomic E-state index is 11.4. The van der Waals surface area contributed by atoms with Gasteiger partial charge in [-0.15, -0.1) is 0 Å². The van der Waals surface area contributed by atoms with Gasteiger partial charge in [-0.3, -0.25) is 4.79 Å². The van der Waals surface area contributed by atoms with E-state index in [-0.39, 0.29) is 24.1 Å². The van der Waals surface area contributed by atoms with E-state index in [1.165, 1.54) is 24.3 Å². The summed E-state index contributed by atoms with van der Waals surface area (Å²) in [4.78, 5) is 22.1. The van der Waals surface area contributed by atoms with E-state index in [0.717, 1.165) is 6.42 Å². The number of hydrogen-bond acceptors (Lipinski definition) is 3. The van der Waals surface area contributed by atoms with Gasteiger partial charge in [-0.25, -0.2) is 4.79 Å². The number of carbonyl (C=O) groups is 2. The molecule has 0 aliphatic heterocycles. The Hall–Kier alpha value is -2.04. The van der Waals surface area contributed by atoms with Crippen molar-refractivity contribution in [3.05, 3.63) is 29.8 Å². The lowest BCUT2D eigenvalue weighted by molar-refractivity contribution is -0.123. The van der Waals surface area contributed by atoms with E-state index in [4.69, 9.17) is 9.84 Å². The average Bonchev–Trinajstić information content (AvgIpc) is 2.36. The molecule has 5 heteroatoms. The first-order valence-corrected chi connectivity index (χ1v) is 5.78. The first kappa shape index (κ1) is 14.0. The molecular weight excluding hydrogens is 234 g/mol. The highest BCUT2D eigenvalue weighted by molar-refractivity contribution is 5.87. The minimum atomic E-state index is -0.990. The molecular formula is C13H17NO4. The van der Waals surface area contributed by atoms with Gasteiger partial charge in [0.2, 0.25) is 0 Å². The van der Waals surface area contributed by atoms with Crippen molar-refractivity contribution in [2.75, 3.05) is 6.61 Å². The van der Waals surface area contributed by atoms with Crippen molar-refractivity contribution in [1.82, 2.24) is 5.32 Å². The van der Waals surface area contributed by atoms with Crippen LogP contribution in [-0.2, 0) is 4.79 Å². The fourth-order valence-electron chi connectivity index (χ4n) is 1.26. The summed E-state index contributed by atoms with van der Waals surface area (Å²) in [6.07, 6.45) is 0.860. The van der Waals surface area contributed by atoms with Gasteiger partial charge in [0.25, 0.3) is 5.91 Å². The van der Waals surface area contributed by atoms with Gasteiger partial charge in [0.05, 0.1) is 5.56 Å². The molecule has 1 atom stereocenters. The Morgan fingerprint density at radius 2 is 1.94 bits per heavy atom. The van der Waals surface area contributed by atoms with Crippen LogP contribution in [0.2, 0.25) is 0 Å². The summed E-state index contributed by atoms with van der Waals surface area (Å²) >= 11 is 0. The number of benzene rings is 1. The van der Waals surface area contributed by atoms with Crippen LogP contribution in [0.3, 0.4) is 0 Å². The van der Waals surface area contributed by atoms with Gasteiger partial charge in [-0.2, -0.15) is 0 Å². The Kier molecular flexibility index (Phi) is 5.17. The van der Waals surface area contributed by atoms with Crippen LogP contribution in [0.5, 0.6) is 5.75 Å². The van der Waals surface area contributed by atoms with Gasteiger partial charge in [-0.1, -0.05) is 6.92 Å². The smallest absolute Gasteiger partial charge is 0.335 e. The summed E-state index contributed by atoms with van der Waals surface area (Å²) in [5.41, 5.74) is 0.186. The van der Waals surface area contributed by atoms with Crippen molar-refractivity contribution in [3.8, 4) is 5.75 Å². The highest BCUT2D eigenvalue weighted by Crippen LogP contribution is 2.11. The fourth-order valence-corrected chi connectivity index (χ4v) is 1.26. The molecule has 0 heterocycles. The number of rotatable bonds is 6. The molecule has 0 aliphatic rings. The molecule has 0 saturated carbocycles. The molecule has 1 amide bonds.